The molecule has 1 aliphatic carbocycles. The minimum absolute atomic E-state index is 0.462. The Hall–Kier alpha value is -2.36. The van der Waals surface area contributed by atoms with Gasteiger partial charge in [0, 0.05) is 24.2 Å². The predicted octanol–water partition coefficient (Wildman–Crippen LogP) is 2.32. The first-order valence-electron chi connectivity index (χ1n) is 6.42. The van der Waals surface area contributed by atoms with Crippen LogP contribution >= 0.6 is 0 Å². The fourth-order valence-corrected chi connectivity index (χ4v) is 2.57. The lowest BCUT2D eigenvalue weighted by Gasteiger charge is -2.10. The summed E-state index contributed by atoms with van der Waals surface area (Å²) in [6.07, 6.45) is 4.70. The van der Waals surface area contributed by atoms with Crippen LogP contribution in [0.3, 0.4) is 0 Å². The first-order chi connectivity index (χ1) is 9.43. The summed E-state index contributed by atoms with van der Waals surface area (Å²) >= 11 is 0. The summed E-state index contributed by atoms with van der Waals surface area (Å²) in [6.45, 7) is 0. The van der Waals surface area contributed by atoms with Crippen molar-refractivity contribution in [3.63, 3.8) is 0 Å². The van der Waals surface area contributed by atoms with E-state index < -0.39 is 0 Å². The van der Waals surface area contributed by atoms with Crippen molar-refractivity contribution in [3.8, 4) is 0 Å². The third-order valence-corrected chi connectivity index (χ3v) is 3.61. The van der Waals surface area contributed by atoms with Crippen LogP contribution in [0, 0.1) is 11.8 Å². The Morgan fingerprint density at radius 1 is 0.737 bits per heavy atom. The van der Waals surface area contributed by atoms with Gasteiger partial charge in [-0.05, 0) is 30.7 Å². The van der Waals surface area contributed by atoms with Gasteiger partial charge in [-0.1, -0.05) is 12.1 Å². The van der Waals surface area contributed by atoms with Gasteiger partial charge in [-0.2, -0.15) is 10.2 Å². The molecule has 0 amide bonds. The van der Waals surface area contributed by atoms with E-state index in [0.29, 0.717) is 11.8 Å². The Morgan fingerprint density at radius 2 is 1.26 bits per heavy atom. The Morgan fingerprint density at radius 3 is 1.68 bits per heavy atom. The zero-order valence-electron chi connectivity index (χ0n) is 10.3. The minimum Gasteiger partial charge on any atom is -0.255 e. The molecule has 0 aromatic carbocycles. The largest absolute Gasteiger partial charge is 0.255 e. The van der Waals surface area contributed by atoms with Crippen molar-refractivity contribution >= 4 is 11.4 Å². The van der Waals surface area contributed by atoms with E-state index in [1.54, 1.807) is 12.4 Å². The van der Waals surface area contributed by atoms with Gasteiger partial charge in [0.25, 0.3) is 0 Å². The lowest BCUT2D eigenvalue weighted by atomic mass is 10.0. The zero-order chi connectivity index (χ0) is 12.7. The molecule has 92 valence electrons. The van der Waals surface area contributed by atoms with E-state index in [1.165, 1.54) is 0 Å². The molecule has 0 saturated heterocycles. The molecular formula is C15H12N4. The van der Waals surface area contributed by atoms with Gasteiger partial charge in [0.1, 0.15) is 0 Å². The smallest absolute Gasteiger partial charge is 0.0924 e. The van der Waals surface area contributed by atoms with Crippen molar-refractivity contribution < 1.29 is 0 Å². The van der Waals surface area contributed by atoms with Crippen LogP contribution in [-0.2, 0) is 0 Å². The number of pyridine rings is 2. The molecule has 0 bridgehead atoms. The average Bonchev–Trinajstić information content (AvgIpc) is 3.28. The number of hydrogen-bond donors (Lipinski definition) is 0. The van der Waals surface area contributed by atoms with E-state index in [0.717, 1.165) is 29.2 Å². The summed E-state index contributed by atoms with van der Waals surface area (Å²) in [5.74, 6) is 0.925. The molecule has 2 atom stereocenters. The standard InChI is InChI=1S/C15H12N4/c1-3-7-16-12(5-1)14-10-9-11(10)15(19-18-14)13-6-2-4-8-17-13/h1-8,10-11H,9H2/t10-,11+. The third-order valence-electron chi connectivity index (χ3n) is 3.61. The summed E-state index contributed by atoms with van der Waals surface area (Å²) in [7, 11) is 0. The van der Waals surface area contributed by atoms with E-state index >= 15 is 0 Å². The second kappa shape index (κ2) is 4.09. The Balaban J connectivity index is 1.73. The summed E-state index contributed by atoms with van der Waals surface area (Å²) < 4.78 is 0. The van der Waals surface area contributed by atoms with Gasteiger partial charge in [-0.25, -0.2) is 0 Å². The number of fused-ring (bicyclic) bond motifs is 1. The van der Waals surface area contributed by atoms with Crippen LogP contribution in [0.4, 0.5) is 0 Å². The van der Waals surface area contributed by atoms with Crippen molar-refractivity contribution in [2.24, 2.45) is 22.0 Å². The van der Waals surface area contributed by atoms with E-state index in [2.05, 4.69) is 20.2 Å². The first-order valence-corrected chi connectivity index (χ1v) is 6.42. The predicted molar refractivity (Wildman–Crippen MR) is 73.1 cm³/mol. The molecule has 3 heterocycles. The van der Waals surface area contributed by atoms with Gasteiger partial charge >= 0.3 is 0 Å². The quantitative estimate of drug-likeness (QED) is 0.819. The molecule has 1 aliphatic heterocycles. The number of aromatic nitrogens is 2. The van der Waals surface area contributed by atoms with Crippen LogP contribution in [0.2, 0.25) is 0 Å². The molecule has 0 radical (unpaired) electrons. The van der Waals surface area contributed by atoms with E-state index in [9.17, 15) is 0 Å². The van der Waals surface area contributed by atoms with Gasteiger partial charge in [0.05, 0.1) is 22.8 Å². The molecule has 1 saturated carbocycles. The van der Waals surface area contributed by atoms with Crippen LogP contribution in [0.25, 0.3) is 0 Å². The maximum atomic E-state index is 4.38. The molecule has 2 aliphatic rings. The van der Waals surface area contributed by atoms with E-state index in [1.807, 2.05) is 36.4 Å². The lowest BCUT2D eigenvalue weighted by molar-refractivity contribution is 0.981. The molecule has 0 unspecified atom stereocenters. The van der Waals surface area contributed by atoms with Crippen LogP contribution in [0.5, 0.6) is 0 Å². The van der Waals surface area contributed by atoms with Crippen LogP contribution in [0.1, 0.15) is 17.8 Å². The first kappa shape index (κ1) is 10.6. The zero-order valence-corrected chi connectivity index (χ0v) is 10.3. The molecule has 0 spiro atoms. The van der Waals surface area contributed by atoms with Crippen LogP contribution in [0.15, 0.2) is 59.0 Å². The SMILES string of the molecule is c1ccc(C2=NN=C(c3ccccn3)[C@@H]3C[C@H]23)nc1. The molecule has 4 heteroatoms. The maximum absolute atomic E-state index is 4.38. The highest BCUT2D eigenvalue weighted by atomic mass is 15.2. The van der Waals surface area contributed by atoms with Crippen LogP contribution < -0.4 is 0 Å². The Labute approximate surface area is 111 Å². The summed E-state index contributed by atoms with van der Waals surface area (Å²) in [6, 6.07) is 11.8. The Kier molecular flexibility index (Phi) is 2.27. The van der Waals surface area contributed by atoms with E-state index in [-0.39, 0.29) is 0 Å². The average molecular weight is 248 g/mol. The van der Waals surface area contributed by atoms with Crippen molar-refractivity contribution in [1.29, 1.82) is 0 Å². The van der Waals surface area contributed by atoms with Crippen molar-refractivity contribution in [2.45, 2.75) is 6.42 Å². The lowest BCUT2D eigenvalue weighted by Crippen LogP contribution is -2.17. The highest BCUT2D eigenvalue weighted by Crippen LogP contribution is 2.45. The molecule has 4 rings (SSSR count). The number of rotatable bonds is 2. The molecule has 4 nitrogen and oxygen atoms in total. The monoisotopic (exact) mass is 248 g/mol. The second-order valence-electron chi connectivity index (χ2n) is 4.85. The third kappa shape index (κ3) is 1.76. The highest BCUT2D eigenvalue weighted by Gasteiger charge is 2.48. The molecule has 0 N–H and O–H groups in total. The molecule has 19 heavy (non-hydrogen) atoms. The highest BCUT2D eigenvalue weighted by molar-refractivity contribution is 6.13. The van der Waals surface area contributed by atoms with Crippen molar-refractivity contribution in [1.82, 2.24) is 9.97 Å². The maximum Gasteiger partial charge on any atom is 0.0924 e. The molecule has 1 fully saturated rings. The van der Waals surface area contributed by atoms with E-state index in [4.69, 9.17) is 0 Å². The van der Waals surface area contributed by atoms with Gasteiger partial charge in [0.2, 0.25) is 0 Å². The fraction of sp³-hybridized carbons (Fsp3) is 0.200. The number of hydrogen-bond acceptors (Lipinski definition) is 4. The number of nitrogens with zero attached hydrogens (tertiary/aromatic N) is 4. The minimum atomic E-state index is 0.462. The van der Waals surface area contributed by atoms with Crippen molar-refractivity contribution in [3.05, 3.63) is 60.2 Å². The molecule has 2 aromatic heterocycles. The fourth-order valence-electron chi connectivity index (χ4n) is 2.57. The summed E-state index contributed by atoms with van der Waals surface area (Å²) in [5, 5.41) is 8.76. The van der Waals surface area contributed by atoms with Gasteiger partial charge in [-0.15, -0.1) is 0 Å². The Bertz CT molecular complexity index is 602. The van der Waals surface area contributed by atoms with Gasteiger partial charge in [0.15, 0.2) is 0 Å². The summed E-state index contributed by atoms with van der Waals surface area (Å²) in [4.78, 5) is 8.72. The summed E-state index contributed by atoms with van der Waals surface area (Å²) in [5.41, 5.74) is 3.92. The van der Waals surface area contributed by atoms with Crippen LogP contribution in [-0.4, -0.2) is 21.4 Å². The van der Waals surface area contributed by atoms with Gasteiger partial charge in [-0.3, -0.25) is 9.97 Å². The normalized spacial score (nSPS) is 24.2. The molecular weight excluding hydrogens is 236 g/mol. The molecule has 2 aromatic rings. The van der Waals surface area contributed by atoms with Gasteiger partial charge < -0.3 is 0 Å². The van der Waals surface area contributed by atoms with Crippen molar-refractivity contribution in [2.75, 3.05) is 0 Å². The topological polar surface area (TPSA) is 50.5 Å². The second-order valence-corrected chi connectivity index (χ2v) is 4.85.